The molecule has 18 heavy (non-hydrogen) atoms. The number of unbranched alkanes of at least 4 members (excludes halogenated alkanes) is 3. The Labute approximate surface area is 109 Å². The van der Waals surface area contributed by atoms with Crippen LogP contribution in [0.1, 0.15) is 38.2 Å². The average Bonchev–Trinajstić information content (AvgIpc) is 2.43. The second kappa shape index (κ2) is 6.39. The molecule has 0 aliphatic carbocycles. The van der Waals surface area contributed by atoms with Crippen LogP contribution in [0.4, 0.5) is 0 Å². The van der Waals surface area contributed by atoms with Gasteiger partial charge < -0.3 is 4.74 Å². The first kappa shape index (κ1) is 12.9. The van der Waals surface area contributed by atoms with Gasteiger partial charge in [0.05, 0.1) is 5.52 Å². The highest BCUT2D eigenvalue weighted by Gasteiger charge is 2.08. The zero-order valence-corrected chi connectivity index (χ0v) is 11.0. The van der Waals surface area contributed by atoms with Gasteiger partial charge in [0, 0.05) is 11.6 Å². The lowest BCUT2D eigenvalue weighted by Gasteiger charge is -2.11. The summed E-state index contributed by atoms with van der Waals surface area (Å²) in [4.78, 5) is 4.33. The van der Waals surface area contributed by atoms with E-state index in [2.05, 4.69) is 31.2 Å². The quantitative estimate of drug-likeness (QED) is 0.694. The summed E-state index contributed by atoms with van der Waals surface area (Å²) < 4.78 is 5.33. The Hall–Kier alpha value is -1.57. The van der Waals surface area contributed by atoms with Gasteiger partial charge in [0.25, 0.3) is 0 Å². The van der Waals surface area contributed by atoms with E-state index < -0.39 is 0 Å². The van der Waals surface area contributed by atoms with Gasteiger partial charge in [0.15, 0.2) is 0 Å². The van der Waals surface area contributed by atoms with Crippen LogP contribution in [0.2, 0.25) is 0 Å². The normalized spacial score (nSPS) is 10.8. The summed E-state index contributed by atoms with van der Waals surface area (Å²) in [5.74, 6) is 0.886. The second-order valence-electron chi connectivity index (χ2n) is 4.58. The van der Waals surface area contributed by atoms with E-state index in [0.29, 0.717) is 0 Å². The van der Waals surface area contributed by atoms with E-state index >= 15 is 0 Å². The molecule has 0 aliphatic heterocycles. The number of benzene rings is 1. The molecule has 1 aromatic carbocycles. The standard InChI is InChI=1S/C16H20NO/c1-3-4-5-6-8-13-10-11-15-14(16(13)18-2)9-7-12-17-15/h7,9-12H,2-6,8H2,1H3. The zero-order valence-electron chi connectivity index (χ0n) is 11.0. The first-order valence-corrected chi connectivity index (χ1v) is 6.65. The molecule has 0 saturated heterocycles. The number of aryl methyl sites for hydroxylation is 1. The van der Waals surface area contributed by atoms with Crippen molar-refractivity contribution in [1.29, 1.82) is 0 Å². The van der Waals surface area contributed by atoms with E-state index in [1.54, 1.807) is 6.20 Å². The van der Waals surface area contributed by atoms with Gasteiger partial charge in [-0.3, -0.25) is 4.98 Å². The maximum absolute atomic E-state index is 5.33. The van der Waals surface area contributed by atoms with Crippen LogP contribution in [-0.4, -0.2) is 4.98 Å². The van der Waals surface area contributed by atoms with Crippen LogP contribution in [0.25, 0.3) is 10.9 Å². The average molecular weight is 242 g/mol. The summed E-state index contributed by atoms with van der Waals surface area (Å²) in [5, 5.41) is 1.06. The summed E-state index contributed by atoms with van der Waals surface area (Å²) in [6.07, 6.45) is 7.90. The highest BCUT2D eigenvalue weighted by Crippen LogP contribution is 2.29. The topological polar surface area (TPSA) is 22.1 Å². The highest BCUT2D eigenvalue weighted by atomic mass is 16.5. The Morgan fingerprint density at radius 3 is 2.83 bits per heavy atom. The van der Waals surface area contributed by atoms with Crippen LogP contribution in [0.5, 0.6) is 5.75 Å². The first-order valence-electron chi connectivity index (χ1n) is 6.65. The minimum atomic E-state index is 0.886. The van der Waals surface area contributed by atoms with Gasteiger partial charge in [0.1, 0.15) is 12.9 Å². The van der Waals surface area contributed by atoms with E-state index in [9.17, 15) is 0 Å². The summed E-state index contributed by atoms with van der Waals surface area (Å²) in [5.41, 5.74) is 2.20. The first-order chi connectivity index (χ1) is 8.86. The molecular formula is C16H20NO. The summed E-state index contributed by atoms with van der Waals surface area (Å²) in [7, 11) is 3.58. The van der Waals surface area contributed by atoms with E-state index in [1.165, 1.54) is 31.2 Å². The lowest BCUT2D eigenvalue weighted by molar-refractivity contribution is 0.470. The molecule has 95 valence electrons. The number of fused-ring (bicyclic) bond motifs is 1. The molecular weight excluding hydrogens is 222 g/mol. The minimum absolute atomic E-state index is 0.886. The summed E-state index contributed by atoms with van der Waals surface area (Å²) in [6.45, 7) is 2.23. The van der Waals surface area contributed by atoms with Gasteiger partial charge in [-0.15, -0.1) is 0 Å². The van der Waals surface area contributed by atoms with Crippen LogP contribution in [0.3, 0.4) is 0 Å². The number of pyridine rings is 1. The molecule has 2 nitrogen and oxygen atoms in total. The number of hydrogen-bond donors (Lipinski definition) is 0. The molecule has 1 radical (unpaired) electrons. The van der Waals surface area contributed by atoms with Crippen molar-refractivity contribution in [2.24, 2.45) is 0 Å². The van der Waals surface area contributed by atoms with Crippen molar-refractivity contribution in [3.05, 3.63) is 43.1 Å². The molecule has 2 aromatic rings. The van der Waals surface area contributed by atoms with E-state index in [1.807, 2.05) is 12.1 Å². The lowest BCUT2D eigenvalue weighted by Crippen LogP contribution is -1.93. The summed E-state index contributed by atoms with van der Waals surface area (Å²) >= 11 is 0. The van der Waals surface area contributed by atoms with Gasteiger partial charge in [-0.05, 0) is 36.6 Å². The zero-order chi connectivity index (χ0) is 12.8. The van der Waals surface area contributed by atoms with Crippen LogP contribution in [0, 0.1) is 7.11 Å². The van der Waals surface area contributed by atoms with E-state index in [0.717, 1.165) is 23.1 Å². The molecule has 0 N–H and O–H groups in total. The Balaban J connectivity index is 2.22. The monoisotopic (exact) mass is 242 g/mol. The molecule has 0 bridgehead atoms. The van der Waals surface area contributed by atoms with Crippen molar-refractivity contribution in [2.75, 3.05) is 0 Å². The third kappa shape index (κ3) is 2.81. The second-order valence-corrected chi connectivity index (χ2v) is 4.58. The Morgan fingerprint density at radius 1 is 1.17 bits per heavy atom. The molecule has 1 aromatic heterocycles. The molecule has 0 aliphatic rings. The molecule has 0 fully saturated rings. The smallest absolute Gasteiger partial charge is 0.132 e. The number of hydrogen-bond acceptors (Lipinski definition) is 2. The molecule has 0 spiro atoms. The van der Waals surface area contributed by atoms with Crippen molar-refractivity contribution in [2.45, 2.75) is 39.0 Å². The lowest BCUT2D eigenvalue weighted by atomic mass is 10.0. The SMILES string of the molecule is [CH2]Oc1c(CCCCCC)ccc2ncccc12. The van der Waals surface area contributed by atoms with Gasteiger partial charge in [-0.1, -0.05) is 32.3 Å². The molecule has 0 unspecified atom stereocenters. The van der Waals surface area contributed by atoms with Crippen LogP contribution < -0.4 is 4.74 Å². The van der Waals surface area contributed by atoms with Gasteiger partial charge >= 0.3 is 0 Å². The van der Waals surface area contributed by atoms with Crippen molar-refractivity contribution in [3.8, 4) is 5.75 Å². The number of rotatable bonds is 6. The van der Waals surface area contributed by atoms with Crippen molar-refractivity contribution in [3.63, 3.8) is 0 Å². The van der Waals surface area contributed by atoms with Gasteiger partial charge in [0.2, 0.25) is 0 Å². The Morgan fingerprint density at radius 2 is 2.06 bits per heavy atom. The molecule has 2 heteroatoms. The number of aromatic nitrogens is 1. The van der Waals surface area contributed by atoms with Gasteiger partial charge in [-0.25, -0.2) is 0 Å². The van der Waals surface area contributed by atoms with E-state index in [-0.39, 0.29) is 0 Å². The van der Waals surface area contributed by atoms with E-state index in [4.69, 9.17) is 4.74 Å². The number of ether oxygens (including phenoxy) is 1. The fourth-order valence-electron chi connectivity index (χ4n) is 2.28. The molecule has 0 amide bonds. The number of nitrogens with zero attached hydrogens (tertiary/aromatic N) is 1. The third-order valence-corrected chi connectivity index (χ3v) is 3.26. The van der Waals surface area contributed by atoms with Crippen LogP contribution in [0.15, 0.2) is 30.5 Å². The molecule has 2 rings (SSSR count). The largest absolute Gasteiger partial charge is 0.489 e. The predicted molar refractivity (Wildman–Crippen MR) is 75.6 cm³/mol. The van der Waals surface area contributed by atoms with Crippen LogP contribution >= 0.6 is 0 Å². The fourth-order valence-corrected chi connectivity index (χ4v) is 2.28. The Kier molecular flexibility index (Phi) is 4.57. The fraction of sp³-hybridized carbons (Fsp3) is 0.375. The molecule has 0 atom stereocenters. The Bertz CT molecular complexity index is 507. The predicted octanol–water partition coefficient (Wildman–Crippen LogP) is 4.53. The highest BCUT2D eigenvalue weighted by molar-refractivity contribution is 5.86. The van der Waals surface area contributed by atoms with Crippen molar-refractivity contribution >= 4 is 10.9 Å². The van der Waals surface area contributed by atoms with Gasteiger partial charge in [-0.2, -0.15) is 0 Å². The van der Waals surface area contributed by atoms with Crippen LogP contribution in [-0.2, 0) is 6.42 Å². The third-order valence-electron chi connectivity index (χ3n) is 3.26. The molecule has 0 saturated carbocycles. The molecule has 1 heterocycles. The minimum Gasteiger partial charge on any atom is -0.489 e. The van der Waals surface area contributed by atoms with Crippen molar-refractivity contribution < 1.29 is 4.74 Å². The summed E-state index contributed by atoms with van der Waals surface area (Å²) in [6, 6.07) is 8.15. The van der Waals surface area contributed by atoms with Crippen molar-refractivity contribution in [1.82, 2.24) is 4.98 Å². The maximum atomic E-state index is 5.33. The maximum Gasteiger partial charge on any atom is 0.132 e.